The Hall–Kier alpha value is -1.09. The van der Waals surface area contributed by atoms with Crippen molar-refractivity contribution in [3.05, 3.63) is 29.3 Å². The standard InChI is InChI=1S/C18H27N3O3S2/c1-14-4-5-15(26(19,23)24)12-16(14)17(22)20-13-18(6-2-3-7-18)21-8-10-25-11-9-21/h4-5,12H,2-3,6-11,13H2,1H3,(H,20,22)(H2,19,23,24). The van der Waals surface area contributed by atoms with Crippen molar-refractivity contribution in [2.75, 3.05) is 31.1 Å². The van der Waals surface area contributed by atoms with E-state index in [0.717, 1.165) is 43.0 Å². The molecule has 6 nitrogen and oxygen atoms in total. The largest absolute Gasteiger partial charge is 0.350 e. The average molecular weight is 398 g/mol. The fourth-order valence-electron chi connectivity index (χ4n) is 4.04. The van der Waals surface area contributed by atoms with E-state index in [1.807, 2.05) is 11.8 Å². The smallest absolute Gasteiger partial charge is 0.251 e. The van der Waals surface area contributed by atoms with Crippen LogP contribution in [0.4, 0.5) is 0 Å². The number of thioether (sulfide) groups is 1. The van der Waals surface area contributed by atoms with Gasteiger partial charge >= 0.3 is 0 Å². The summed E-state index contributed by atoms with van der Waals surface area (Å²) >= 11 is 1.99. The van der Waals surface area contributed by atoms with E-state index in [-0.39, 0.29) is 16.3 Å². The van der Waals surface area contributed by atoms with Crippen LogP contribution in [0.1, 0.15) is 41.6 Å². The highest BCUT2D eigenvalue weighted by atomic mass is 32.2. The first-order valence-corrected chi connectivity index (χ1v) is 11.8. The molecule has 26 heavy (non-hydrogen) atoms. The number of nitrogens with two attached hydrogens (primary N) is 1. The molecule has 1 saturated carbocycles. The molecule has 1 aliphatic heterocycles. The van der Waals surface area contributed by atoms with E-state index in [1.54, 1.807) is 13.0 Å². The van der Waals surface area contributed by atoms with Gasteiger partial charge in [0.1, 0.15) is 0 Å². The third kappa shape index (κ3) is 4.24. The maximum absolute atomic E-state index is 12.8. The molecule has 3 N–H and O–H groups in total. The van der Waals surface area contributed by atoms with Crippen molar-refractivity contribution in [2.24, 2.45) is 5.14 Å². The van der Waals surface area contributed by atoms with Crippen LogP contribution < -0.4 is 10.5 Å². The normalized spacial score (nSPS) is 20.8. The molecule has 0 atom stereocenters. The number of rotatable bonds is 5. The molecule has 0 spiro atoms. The Kier molecular flexibility index (Phi) is 5.96. The Labute approximate surface area is 159 Å². The zero-order valence-electron chi connectivity index (χ0n) is 15.2. The lowest BCUT2D eigenvalue weighted by Gasteiger charge is -2.43. The van der Waals surface area contributed by atoms with Crippen molar-refractivity contribution in [2.45, 2.75) is 43.0 Å². The van der Waals surface area contributed by atoms with E-state index in [1.165, 1.54) is 25.0 Å². The quantitative estimate of drug-likeness (QED) is 0.789. The summed E-state index contributed by atoms with van der Waals surface area (Å²) in [5.41, 5.74) is 1.16. The second-order valence-corrected chi connectivity index (χ2v) is 10.0. The zero-order valence-corrected chi connectivity index (χ0v) is 16.8. The molecule has 144 valence electrons. The number of amides is 1. The summed E-state index contributed by atoms with van der Waals surface area (Å²) < 4.78 is 23.2. The number of carbonyl (C=O) groups excluding carboxylic acids is 1. The van der Waals surface area contributed by atoms with Crippen molar-refractivity contribution in [3.63, 3.8) is 0 Å². The fraction of sp³-hybridized carbons (Fsp3) is 0.611. The minimum absolute atomic E-state index is 0.0307. The molecule has 1 saturated heterocycles. The van der Waals surface area contributed by atoms with Crippen LogP contribution in [0.3, 0.4) is 0 Å². The number of primary sulfonamides is 1. The number of carbonyl (C=O) groups is 1. The van der Waals surface area contributed by atoms with Gasteiger partial charge in [0, 0.05) is 42.2 Å². The summed E-state index contributed by atoms with van der Waals surface area (Å²) in [6, 6.07) is 4.44. The van der Waals surface area contributed by atoms with Gasteiger partial charge in [-0.25, -0.2) is 13.6 Å². The molecule has 3 rings (SSSR count). The van der Waals surface area contributed by atoms with Crippen LogP contribution in [0.15, 0.2) is 23.1 Å². The van der Waals surface area contributed by atoms with E-state index in [9.17, 15) is 13.2 Å². The molecular weight excluding hydrogens is 370 g/mol. The lowest BCUT2D eigenvalue weighted by Crippen LogP contribution is -2.56. The van der Waals surface area contributed by atoms with Crippen LogP contribution in [0, 0.1) is 6.92 Å². The summed E-state index contributed by atoms with van der Waals surface area (Å²) in [7, 11) is -3.83. The van der Waals surface area contributed by atoms with Crippen molar-refractivity contribution in [1.29, 1.82) is 0 Å². The molecule has 0 radical (unpaired) electrons. The van der Waals surface area contributed by atoms with Crippen LogP contribution in [0.5, 0.6) is 0 Å². The third-order valence-electron chi connectivity index (χ3n) is 5.58. The summed E-state index contributed by atoms with van der Waals surface area (Å²) in [4.78, 5) is 15.3. The fourth-order valence-corrected chi connectivity index (χ4v) is 5.48. The molecule has 0 aromatic heterocycles. The van der Waals surface area contributed by atoms with E-state index >= 15 is 0 Å². The molecule has 2 fully saturated rings. The van der Waals surface area contributed by atoms with Crippen molar-refractivity contribution >= 4 is 27.7 Å². The van der Waals surface area contributed by atoms with Crippen molar-refractivity contribution in [3.8, 4) is 0 Å². The van der Waals surface area contributed by atoms with E-state index in [2.05, 4.69) is 10.2 Å². The van der Waals surface area contributed by atoms with Gasteiger partial charge in [0.25, 0.3) is 5.91 Å². The topological polar surface area (TPSA) is 92.5 Å². The molecule has 8 heteroatoms. The number of sulfonamides is 1. The first-order valence-electron chi connectivity index (χ1n) is 9.06. The summed E-state index contributed by atoms with van der Waals surface area (Å²) in [6.07, 6.45) is 4.60. The molecule has 0 unspecified atom stereocenters. The highest BCUT2D eigenvalue weighted by Gasteiger charge is 2.40. The molecule has 2 aliphatic rings. The van der Waals surface area contributed by atoms with E-state index in [4.69, 9.17) is 5.14 Å². The predicted octanol–water partition coefficient (Wildman–Crippen LogP) is 1.73. The highest BCUT2D eigenvalue weighted by Crippen LogP contribution is 2.36. The Morgan fingerprint density at radius 3 is 2.54 bits per heavy atom. The van der Waals surface area contributed by atoms with Crippen LogP contribution in [-0.2, 0) is 10.0 Å². The summed E-state index contributed by atoms with van der Waals surface area (Å²) in [5, 5.41) is 8.28. The minimum Gasteiger partial charge on any atom is -0.350 e. The van der Waals surface area contributed by atoms with Crippen LogP contribution >= 0.6 is 11.8 Å². The molecule has 1 aromatic carbocycles. The molecule has 1 amide bonds. The maximum atomic E-state index is 12.8. The van der Waals surface area contributed by atoms with Gasteiger partial charge in [-0.3, -0.25) is 9.69 Å². The van der Waals surface area contributed by atoms with Crippen LogP contribution in [0.25, 0.3) is 0 Å². The first kappa shape index (κ1) is 19.7. The van der Waals surface area contributed by atoms with E-state index in [0.29, 0.717) is 12.1 Å². The van der Waals surface area contributed by atoms with Gasteiger partial charge in [0.05, 0.1) is 4.90 Å². The number of aryl methyl sites for hydroxylation is 1. The Morgan fingerprint density at radius 2 is 1.92 bits per heavy atom. The van der Waals surface area contributed by atoms with Gasteiger partial charge in [-0.1, -0.05) is 18.9 Å². The number of benzene rings is 1. The first-order chi connectivity index (χ1) is 12.3. The Morgan fingerprint density at radius 1 is 1.27 bits per heavy atom. The number of nitrogens with zero attached hydrogens (tertiary/aromatic N) is 1. The van der Waals surface area contributed by atoms with Crippen LogP contribution in [0.2, 0.25) is 0 Å². The van der Waals surface area contributed by atoms with Gasteiger partial charge < -0.3 is 5.32 Å². The van der Waals surface area contributed by atoms with E-state index < -0.39 is 10.0 Å². The molecular formula is C18H27N3O3S2. The lowest BCUT2D eigenvalue weighted by atomic mass is 9.94. The van der Waals surface area contributed by atoms with Gasteiger partial charge in [-0.2, -0.15) is 11.8 Å². The molecule has 1 aromatic rings. The lowest BCUT2D eigenvalue weighted by molar-refractivity contribution is 0.0817. The van der Waals surface area contributed by atoms with Gasteiger partial charge in [0.15, 0.2) is 0 Å². The summed E-state index contributed by atoms with van der Waals surface area (Å²) in [5.74, 6) is 2.06. The number of hydrogen-bond donors (Lipinski definition) is 2. The molecule has 0 bridgehead atoms. The predicted molar refractivity (Wildman–Crippen MR) is 105 cm³/mol. The minimum atomic E-state index is -3.83. The number of nitrogens with one attached hydrogen (secondary N) is 1. The van der Waals surface area contributed by atoms with Gasteiger partial charge in [-0.15, -0.1) is 0 Å². The molecule has 1 aliphatic carbocycles. The van der Waals surface area contributed by atoms with Crippen LogP contribution in [-0.4, -0.2) is 55.9 Å². The van der Waals surface area contributed by atoms with Crippen molar-refractivity contribution < 1.29 is 13.2 Å². The second-order valence-electron chi connectivity index (χ2n) is 7.24. The zero-order chi connectivity index (χ0) is 18.8. The maximum Gasteiger partial charge on any atom is 0.251 e. The monoisotopic (exact) mass is 397 g/mol. The number of hydrogen-bond acceptors (Lipinski definition) is 5. The van der Waals surface area contributed by atoms with Gasteiger partial charge in [0.2, 0.25) is 10.0 Å². The highest BCUT2D eigenvalue weighted by molar-refractivity contribution is 7.99. The SMILES string of the molecule is Cc1ccc(S(N)(=O)=O)cc1C(=O)NCC1(N2CCSCC2)CCCC1. The van der Waals surface area contributed by atoms with Gasteiger partial charge in [-0.05, 0) is 37.5 Å². The summed E-state index contributed by atoms with van der Waals surface area (Å²) in [6.45, 7) is 4.55. The third-order valence-corrected chi connectivity index (χ3v) is 7.43. The average Bonchev–Trinajstić information content (AvgIpc) is 3.10. The van der Waals surface area contributed by atoms with Crippen molar-refractivity contribution in [1.82, 2.24) is 10.2 Å². The second kappa shape index (κ2) is 7.88. The molecule has 1 heterocycles. The Balaban J connectivity index is 1.75. The Bertz CT molecular complexity index is 768.